The molecule has 2 heterocycles. The molecule has 3 N–H and O–H groups in total. The molecular weight excluding hydrogens is 426 g/mol. The smallest absolute Gasteiger partial charge is 0.297 e. The van der Waals surface area contributed by atoms with Crippen LogP contribution in [0.3, 0.4) is 0 Å². The van der Waals surface area contributed by atoms with Crippen LogP contribution in [0.4, 0.5) is 11.4 Å². The van der Waals surface area contributed by atoms with Crippen LogP contribution in [0.15, 0.2) is 46.2 Å². The summed E-state index contributed by atoms with van der Waals surface area (Å²) in [5.41, 5.74) is 4.85. The van der Waals surface area contributed by atoms with Crippen LogP contribution in [0.25, 0.3) is 0 Å². The lowest BCUT2D eigenvalue weighted by Gasteiger charge is -2.35. The fraction of sp³-hybridized carbons (Fsp3) is 0.350. The highest BCUT2D eigenvalue weighted by molar-refractivity contribution is 7.91. The number of amides is 1. The number of hydrogen-bond donors (Lipinski definition) is 2. The van der Waals surface area contributed by atoms with Gasteiger partial charge in [0.05, 0.1) is 26.3 Å². The Hall–Kier alpha value is -3.18. The fourth-order valence-corrected chi connectivity index (χ4v) is 5.44. The molecule has 1 atom stereocenters. The first-order chi connectivity index (χ1) is 14.8. The number of hydrogen-bond acceptors (Lipinski definition) is 8. The summed E-state index contributed by atoms with van der Waals surface area (Å²) >= 11 is 0. The van der Waals surface area contributed by atoms with E-state index in [0.717, 1.165) is 18.9 Å². The van der Waals surface area contributed by atoms with Gasteiger partial charge in [-0.05, 0) is 30.9 Å². The van der Waals surface area contributed by atoms with Crippen molar-refractivity contribution in [1.82, 2.24) is 0 Å². The van der Waals surface area contributed by atoms with Gasteiger partial charge >= 0.3 is 0 Å². The Morgan fingerprint density at radius 1 is 1.19 bits per heavy atom. The van der Waals surface area contributed by atoms with Crippen molar-refractivity contribution >= 4 is 27.1 Å². The number of nitrogens with two attached hydrogens (primary N) is 1. The average Bonchev–Trinajstić information content (AvgIpc) is 2.78. The summed E-state index contributed by atoms with van der Waals surface area (Å²) < 4.78 is 37.6. The predicted octanol–water partition coefficient (Wildman–Crippen LogP) is 2.13. The Morgan fingerprint density at radius 3 is 2.58 bits per heavy atom. The van der Waals surface area contributed by atoms with E-state index in [2.05, 4.69) is 5.32 Å². The molecule has 0 saturated carbocycles. The standard InChI is InChI=1S/C20H21N3O7S/c21-20(24)14-3-1-2-4-18(14)31(27,28)13-9-16(23(25)26)19-17(10-13)30-11-15(22-19)12-5-7-29-8-6-12/h1-4,9-10,12,15,22H,5-8,11H2,(H2,21,24)/t15-/m0/s1. The highest BCUT2D eigenvalue weighted by Crippen LogP contribution is 2.42. The number of nitrogens with zero attached hydrogens (tertiary/aromatic N) is 1. The summed E-state index contributed by atoms with van der Waals surface area (Å²) in [6.07, 6.45) is 1.61. The van der Waals surface area contributed by atoms with Crippen molar-refractivity contribution in [1.29, 1.82) is 0 Å². The molecule has 0 bridgehead atoms. The number of carbonyl (C=O) groups is 1. The third kappa shape index (κ3) is 3.93. The lowest BCUT2D eigenvalue weighted by molar-refractivity contribution is -0.384. The average molecular weight is 447 g/mol. The molecule has 0 aliphatic carbocycles. The maximum atomic E-state index is 13.2. The van der Waals surface area contributed by atoms with Gasteiger partial charge in [0.1, 0.15) is 6.61 Å². The molecule has 0 radical (unpaired) electrons. The zero-order chi connectivity index (χ0) is 22.2. The summed E-state index contributed by atoms with van der Waals surface area (Å²) in [6.45, 7) is 1.48. The monoisotopic (exact) mass is 447 g/mol. The molecule has 2 aromatic rings. The molecule has 2 aliphatic rings. The summed E-state index contributed by atoms with van der Waals surface area (Å²) in [7, 11) is -4.27. The Bertz CT molecular complexity index is 1140. The molecule has 1 amide bonds. The SMILES string of the molecule is NC(=O)c1ccccc1S(=O)(=O)c1cc2c(c([N+](=O)[O-])c1)N[C@H](C1CCOCC1)CO2. The molecule has 2 aliphatic heterocycles. The second-order valence-electron chi connectivity index (χ2n) is 7.45. The van der Waals surface area contributed by atoms with Gasteiger partial charge in [0.25, 0.3) is 5.69 Å². The Morgan fingerprint density at radius 2 is 1.90 bits per heavy atom. The maximum Gasteiger partial charge on any atom is 0.297 e. The van der Waals surface area contributed by atoms with Crippen molar-refractivity contribution < 1.29 is 27.6 Å². The van der Waals surface area contributed by atoms with Crippen LogP contribution in [0.1, 0.15) is 23.2 Å². The Kier molecular flexibility index (Phi) is 5.54. The van der Waals surface area contributed by atoms with Gasteiger partial charge in [-0.1, -0.05) is 12.1 Å². The number of sulfone groups is 1. The number of nitrogens with one attached hydrogen (secondary N) is 1. The molecule has 4 rings (SSSR count). The van der Waals surface area contributed by atoms with Gasteiger partial charge in [0, 0.05) is 25.3 Å². The minimum atomic E-state index is -4.27. The quantitative estimate of drug-likeness (QED) is 0.522. The summed E-state index contributed by atoms with van der Waals surface area (Å²) in [6, 6.07) is 7.53. The van der Waals surface area contributed by atoms with E-state index in [1.807, 2.05) is 0 Å². The van der Waals surface area contributed by atoms with Gasteiger partial charge in [0.2, 0.25) is 15.7 Å². The molecule has 1 saturated heterocycles. The molecule has 2 aromatic carbocycles. The largest absolute Gasteiger partial charge is 0.489 e. The van der Waals surface area contributed by atoms with Gasteiger partial charge in [0.15, 0.2) is 11.4 Å². The fourth-order valence-electron chi connectivity index (χ4n) is 3.94. The third-order valence-corrected chi connectivity index (χ3v) is 7.38. The Balaban J connectivity index is 1.76. The van der Waals surface area contributed by atoms with Gasteiger partial charge in [-0.2, -0.15) is 0 Å². The molecule has 0 aromatic heterocycles. The minimum absolute atomic E-state index is 0.0765. The molecule has 31 heavy (non-hydrogen) atoms. The Labute approximate surface area is 178 Å². The first-order valence-corrected chi connectivity index (χ1v) is 11.2. The van der Waals surface area contributed by atoms with Crippen molar-refractivity contribution in [3.63, 3.8) is 0 Å². The van der Waals surface area contributed by atoms with Gasteiger partial charge in [-0.3, -0.25) is 14.9 Å². The number of primary amides is 1. The van der Waals surface area contributed by atoms with Crippen LogP contribution >= 0.6 is 0 Å². The zero-order valence-electron chi connectivity index (χ0n) is 16.4. The lowest BCUT2D eigenvalue weighted by Crippen LogP contribution is -2.40. The zero-order valence-corrected chi connectivity index (χ0v) is 17.3. The van der Waals surface area contributed by atoms with Crippen molar-refractivity contribution in [2.75, 3.05) is 25.1 Å². The molecular formula is C20H21N3O7S. The second kappa shape index (κ2) is 8.16. The van der Waals surface area contributed by atoms with E-state index in [9.17, 15) is 23.3 Å². The minimum Gasteiger partial charge on any atom is -0.489 e. The number of anilines is 1. The van der Waals surface area contributed by atoms with Crippen molar-refractivity contribution in [2.45, 2.75) is 28.7 Å². The van der Waals surface area contributed by atoms with Crippen LogP contribution in [-0.2, 0) is 14.6 Å². The molecule has 1 fully saturated rings. The highest BCUT2D eigenvalue weighted by Gasteiger charge is 2.35. The molecule has 11 heteroatoms. The van der Waals surface area contributed by atoms with Crippen LogP contribution < -0.4 is 15.8 Å². The van der Waals surface area contributed by atoms with E-state index < -0.39 is 26.4 Å². The van der Waals surface area contributed by atoms with E-state index in [4.69, 9.17) is 15.2 Å². The van der Waals surface area contributed by atoms with E-state index in [1.54, 1.807) is 0 Å². The maximum absolute atomic E-state index is 13.2. The van der Waals surface area contributed by atoms with Gasteiger partial charge in [-0.25, -0.2) is 8.42 Å². The third-order valence-electron chi connectivity index (χ3n) is 5.59. The van der Waals surface area contributed by atoms with Crippen molar-refractivity contribution in [3.8, 4) is 5.75 Å². The van der Waals surface area contributed by atoms with Gasteiger partial charge < -0.3 is 20.5 Å². The first-order valence-electron chi connectivity index (χ1n) is 9.72. The number of rotatable bonds is 5. The first kappa shape index (κ1) is 21.1. The van der Waals surface area contributed by atoms with E-state index >= 15 is 0 Å². The van der Waals surface area contributed by atoms with Crippen molar-refractivity contribution in [2.24, 2.45) is 11.7 Å². The summed E-state index contributed by atoms with van der Waals surface area (Å²) in [5.74, 6) is -0.608. The van der Waals surface area contributed by atoms with Crippen LogP contribution in [0, 0.1) is 16.0 Å². The lowest BCUT2D eigenvalue weighted by atomic mass is 9.91. The van der Waals surface area contributed by atoms with E-state index in [-0.39, 0.29) is 45.4 Å². The molecule has 164 valence electrons. The number of benzene rings is 2. The molecule has 0 unspecified atom stereocenters. The van der Waals surface area contributed by atoms with Crippen LogP contribution in [0.5, 0.6) is 5.75 Å². The summed E-state index contributed by atoms with van der Waals surface area (Å²) in [5, 5.41) is 14.9. The predicted molar refractivity (Wildman–Crippen MR) is 110 cm³/mol. The normalized spacial score (nSPS) is 19.0. The molecule has 10 nitrogen and oxygen atoms in total. The van der Waals surface area contributed by atoms with Crippen molar-refractivity contribution in [3.05, 3.63) is 52.1 Å². The number of nitro groups is 1. The summed E-state index contributed by atoms with van der Waals surface area (Å²) in [4.78, 5) is 22.1. The van der Waals surface area contributed by atoms with E-state index in [0.29, 0.717) is 13.2 Å². The van der Waals surface area contributed by atoms with E-state index in [1.165, 1.54) is 30.3 Å². The molecule has 0 spiro atoms. The van der Waals surface area contributed by atoms with Gasteiger partial charge in [-0.15, -0.1) is 0 Å². The number of carbonyl (C=O) groups excluding carboxylic acids is 1. The number of fused-ring (bicyclic) bond motifs is 1. The van der Waals surface area contributed by atoms with Crippen LogP contribution in [0.2, 0.25) is 0 Å². The number of nitro benzene ring substituents is 1. The second-order valence-corrected chi connectivity index (χ2v) is 9.37. The van der Waals surface area contributed by atoms with Crippen LogP contribution in [-0.4, -0.2) is 45.1 Å². The topological polar surface area (TPSA) is 151 Å². The highest BCUT2D eigenvalue weighted by atomic mass is 32.2. The number of ether oxygens (including phenoxy) is 2.